The fraction of sp³-hybridized carbons (Fsp3) is 0.318. The lowest BCUT2D eigenvalue weighted by atomic mass is 10.1. The third kappa shape index (κ3) is 4.12. The van der Waals surface area contributed by atoms with E-state index in [4.69, 9.17) is 4.98 Å². The second kappa shape index (κ2) is 7.80. The van der Waals surface area contributed by atoms with Gasteiger partial charge in [-0.2, -0.15) is 0 Å². The molecule has 3 aromatic rings. The summed E-state index contributed by atoms with van der Waals surface area (Å²) < 4.78 is 1.93. The topological polar surface area (TPSA) is 59.8 Å². The Labute approximate surface area is 169 Å². The van der Waals surface area contributed by atoms with E-state index < -0.39 is 0 Å². The summed E-state index contributed by atoms with van der Waals surface area (Å²) in [5.74, 6) is 1.43. The van der Waals surface area contributed by atoms with Crippen LogP contribution in [0.4, 0.5) is 5.69 Å². The predicted octanol–water partition coefficient (Wildman–Crippen LogP) is 4.88. The lowest BCUT2D eigenvalue weighted by molar-refractivity contribution is -0.115. The quantitative estimate of drug-likeness (QED) is 0.607. The number of hydrogen-bond acceptors (Lipinski definition) is 4. The Bertz CT molecular complexity index is 995. The number of anilines is 1. The van der Waals surface area contributed by atoms with Crippen molar-refractivity contribution in [2.75, 3.05) is 5.32 Å². The molecule has 0 bridgehead atoms. The number of nitrogens with zero attached hydrogens (tertiary/aromatic N) is 3. The molecule has 1 heterocycles. The Morgan fingerprint density at radius 3 is 2.61 bits per heavy atom. The summed E-state index contributed by atoms with van der Waals surface area (Å²) in [6.45, 7) is 5.94. The van der Waals surface area contributed by atoms with Crippen molar-refractivity contribution in [2.24, 2.45) is 0 Å². The van der Waals surface area contributed by atoms with Crippen LogP contribution >= 0.6 is 11.8 Å². The van der Waals surface area contributed by atoms with Gasteiger partial charge in [-0.3, -0.25) is 4.79 Å². The maximum absolute atomic E-state index is 12.7. The average Bonchev–Trinajstić information content (AvgIpc) is 3.45. The first-order valence-electron chi connectivity index (χ1n) is 9.58. The summed E-state index contributed by atoms with van der Waals surface area (Å²) in [5.41, 5.74) is 4.11. The number of benzene rings is 2. The van der Waals surface area contributed by atoms with E-state index in [-0.39, 0.29) is 11.2 Å². The van der Waals surface area contributed by atoms with E-state index >= 15 is 0 Å². The van der Waals surface area contributed by atoms with Gasteiger partial charge >= 0.3 is 0 Å². The molecule has 1 aromatic heterocycles. The van der Waals surface area contributed by atoms with Crippen LogP contribution in [0.15, 0.2) is 53.7 Å². The molecule has 1 N–H and O–H groups in total. The molecule has 1 aliphatic carbocycles. The number of aryl methyl sites for hydroxylation is 2. The Morgan fingerprint density at radius 1 is 1.18 bits per heavy atom. The Kier molecular flexibility index (Phi) is 5.22. The highest BCUT2D eigenvalue weighted by Crippen LogP contribution is 2.40. The highest BCUT2D eigenvalue weighted by atomic mass is 32.2. The number of hydrogen-bond donors (Lipinski definition) is 1. The van der Waals surface area contributed by atoms with Crippen LogP contribution in [0.1, 0.15) is 42.6 Å². The molecular weight excluding hydrogens is 368 g/mol. The van der Waals surface area contributed by atoms with Crippen LogP contribution in [0.25, 0.3) is 5.69 Å². The van der Waals surface area contributed by atoms with E-state index in [1.54, 1.807) is 0 Å². The molecule has 1 fully saturated rings. The molecule has 1 atom stereocenters. The van der Waals surface area contributed by atoms with E-state index in [9.17, 15) is 4.79 Å². The van der Waals surface area contributed by atoms with Crippen molar-refractivity contribution in [3.63, 3.8) is 0 Å². The van der Waals surface area contributed by atoms with Gasteiger partial charge in [-0.25, -0.2) is 9.67 Å². The molecule has 0 unspecified atom stereocenters. The van der Waals surface area contributed by atoms with Crippen LogP contribution < -0.4 is 5.32 Å². The van der Waals surface area contributed by atoms with E-state index in [0.29, 0.717) is 11.1 Å². The molecule has 5 nitrogen and oxygen atoms in total. The number of carbonyl (C=O) groups excluding carboxylic acids is 1. The summed E-state index contributed by atoms with van der Waals surface area (Å²) in [4.78, 5) is 17.4. The molecule has 144 valence electrons. The van der Waals surface area contributed by atoms with Gasteiger partial charge in [-0.05, 0) is 57.4 Å². The first kappa shape index (κ1) is 18.7. The summed E-state index contributed by atoms with van der Waals surface area (Å²) in [7, 11) is 0. The number of amides is 1. The Balaban J connectivity index is 1.50. The van der Waals surface area contributed by atoms with Gasteiger partial charge in [0.05, 0.1) is 10.9 Å². The van der Waals surface area contributed by atoms with Gasteiger partial charge in [0.1, 0.15) is 5.82 Å². The number of nitrogens with one attached hydrogen (secondary N) is 1. The van der Waals surface area contributed by atoms with E-state index in [2.05, 4.69) is 16.5 Å². The molecule has 6 heteroatoms. The molecule has 0 aliphatic heterocycles. The van der Waals surface area contributed by atoms with Gasteiger partial charge in [0.2, 0.25) is 11.1 Å². The third-order valence-electron chi connectivity index (χ3n) is 4.85. The molecule has 1 saturated carbocycles. The van der Waals surface area contributed by atoms with Crippen molar-refractivity contribution in [3.8, 4) is 5.69 Å². The Morgan fingerprint density at radius 2 is 1.93 bits per heavy atom. The van der Waals surface area contributed by atoms with Gasteiger partial charge in [0.25, 0.3) is 0 Å². The fourth-order valence-electron chi connectivity index (χ4n) is 3.12. The average molecular weight is 393 g/mol. The number of aromatic nitrogens is 3. The molecule has 0 spiro atoms. The largest absolute Gasteiger partial charge is 0.325 e. The molecular formula is C22H24N4OS. The monoisotopic (exact) mass is 392 g/mol. The van der Waals surface area contributed by atoms with E-state index in [0.717, 1.165) is 35.6 Å². The Hall–Kier alpha value is -2.60. The first-order valence-corrected chi connectivity index (χ1v) is 10.5. The standard InChI is InChI=1S/C22H24N4OS/c1-14-9-12-19(15(2)13-14)23-21(27)16(3)28-22-24-20(17-10-11-17)26(25-22)18-7-5-4-6-8-18/h4-9,12-13,16-17H,10-11H2,1-3H3,(H,23,27)/t16-/m1/s1. The van der Waals surface area contributed by atoms with Crippen molar-refractivity contribution < 1.29 is 4.79 Å². The fourth-order valence-corrected chi connectivity index (χ4v) is 3.88. The zero-order chi connectivity index (χ0) is 19.7. The third-order valence-corrected chi connectivity index (χ3v) is 5.80. The zero-order valence-corrected chi connectivity index (χ0v) is 17.2. The van der Waals surface area contributed by atoms with Crippen molar-refractivity contribution in [1.29, 1.82) is 0 Å². The zero-order valence-electron chi connectivity index (χ0n) is 16.3. The van der Waals surface area contributed by atoms with E-state index in [1.807, 2.05) is 67.9 Å². The first-order chi connectivity index (χ1) is 13.5. The number of carbonyl (C=O) groups is 1. The summed E-state index contributed by atoms with van der Waals surface area (Å²) in [5, 5.41) is 8.07. The van der Waals surface area contributed by atoms with Crippen LogP contribution in [-0.4, -0.2) is 25.9 Å². The van der Waals surface area contributed by atoms with E-state index in [1.165, 1.54) is 17.3 Å². The smallest absolute Gasteiger partial charge is 0.237 e. The minimum Gasteiger partial charge on any atom is -0.325 e. The molecule has 1 aliphatic rings. The number of thioether (sulfide) groups is 1. The highest BCUT2D eigenvalue weighted by Gasteiger charge is 2.31. The van der Waals surface area contributed by atoms with Crippen LogP contribution in [0.3, 0.4) is 0 Å². The summed E-state index contributed by atoms with van der Waals surface area (Å²) >= 11 is 1.40. The maximum atomic E-state index is 12.7. The molecule has 1 amide bonds. The van der Waals surface area contributed by atoms with Crippen LogP contribution in [-0.2, 0) is 4.79 Å². The lowest BCUT2D eigenvalue weighted by Crippen LogP contribution is -2.23. The van der Waals surface area contributed by atoms with Crippen molar-refractivity contribution in [1.82, 2.24) is 14.8 Å². The minimum atomic E-state index is -0.292. The second-order valence-electron chi connectivity index (χ2n) is 7.34. The minimum absolute atomic E-state index is 0.0408. The number of rotatable bonds is 6. The second-order valence-corrected chi connectivity index (χ2v) is 8.65. The highest BCUT2D eigenvalue weighted by molar-refractivity contribution is 8.00. The molecule has 2 aromatic carbocycles. The van der Waals surface area contributed by atoms with Gasteiger partial charge < -0.3 is 5.32 Å². The normalized spacial score (nSPS) is 14.7. The van der Waals surface area contributed by atoms with Crippen molar-refractivity contribution in [3.05, 3.63) is 65.5 Å². The van der Waals surface area contributed by atoms with Crippen LogP contribution in [0, 0.1) is 13.8 Å². The number of para-hydroxylation sites is 1. The van der Waals surface area contributed by atoms with Gasteiger partial charge in [-0.15, -0.1) is 5.10 Å². The van der Waals surface area contributed by atoms with Crippen LogP contribution in [0.5, 0.6) is 0 Å². The molecule has 4 rings (SSSR count). The summed E-state index contributed by atoms with van der Waals surface area (Å²) in [6.07, 6.45) is 2.30. The van der Waals surface area contributed by atoms with Crippen molar-refractivity contribution in [2.45, 2.75) is 49.9 Å². The van der Waals surface area contributed by atoms with Gasteiger partial charge in [-0.1, -0.05) is 47.7 Å². The van der Waals surface area contributed by atoms with Crippen molar-refractivity contribution >= 4 is 23.4 Å². The van der Waals surface area contributed by atoms with Gasteiger partial charge in [0, 0.05) is 11.6 Å². The molecule has 0 saturated heterocycles. The molecule has 28 heavy (non-hydrogen) atoms. The maximum Gasteiger partial charge on any atom is 0.237 e. The summed E-state index contributed by atoms with van der Waals surface area (Å²) in [6, 6.07) is 16.1. The lowest BCUT2D eigenvalue weighted by Gasteiger charge is -2.12. The molecule has 0 radical (unpaired) electrons. The van der Waals surface area contributed by atoms with Gasteiger partial charge in [0.15, 0.2) is 0 Å². The SMILES string of the molecule is Cc1ccc(NC(=O)[C@@H](C)Sc2nc(C3CC3)n(-c3ccccc3)n2)c(C)c1. The predicted molar refractivity (Wildman–Crippen MR) is 113 cm³/mol. The van der Waals surface area contributed by atoms with Crippen LogP contribution in [0.2, 0.25) is 0 Å².